The van der Waals surface area contributed by atoms with Gasteiger partial charge in [-0.05, 0) is 25.5 Å². The summed E-state index contributed by atoms with van der Waals surface area (Å²) in [5, 5.41) is 4.25. The van der Waals surface area contributed by atoms with Crippen LogP contribution in [-0.2, 0) is 19.0 Å². The van der Waals surface area contributed by atoms with E-state index in [-0.39, 0.29) is 6.04 Å². The molecule has 2 rings (SSSR count). The molecule has 14 heavy (non-hydrogen) atoms. The van der Waals surface area contributed by atoms with E-state index >= 15 is 0 Å². The summed E-state index contributed by atoms with van der Waals surface area (Å²) in [7, 11) is 1.79. The Labute approximate surface area is 83.9 Å². The number of fused-ring (bicyclic) bond motifs is 1. The summed E-state index contributed by atoms with van der Waals surface area (Å²) in [6.45, 7) is 0. The van der Waals surface area contributed by atoms with Crippen molar-refractivity contribution >= 4 is 11.3 Å². The minimum atomic E-state index is -4.19. The number of alkyl halides is 3. The van der Waals surface area contributed by atoms with E-state index in [1.165, 1.54) is 16.7 Å². The first kappa shape index (κ1) is 9.98. The zero-order chi connectivity index (χ0) is 10.3. The largest absolute Gasteiger partial charge is 0.417 e. The fourth-order valence-electron chi connectivity index (χ4n) is 1.80. The lowest BCUT2D eigenvalue weighted by Gasteiger charge is -2.08. The van der Waals surface area contributed by atoms with Gasteiger partial charge in [0.1, 0.15) is 0 Å². The molecule has 0 spiro atoms. The smallest absolute Gasteiger partial charge is 0.316 e. The van der Waals surface area contributed by atoms with Gasteiger partial charge in [0.05, 0.1) is 5.56 Å². The highest BCUT2D eigenvalue weighted by molar-refractivity contribution is 7.10. The van der Waals surface area contributed by atoms with Crippen LogP contribution >= 0.6 is 11.3 Å². The van der Waals surface area contributed by atoms with Crippen molar-refractivity contribution in [2.24, 2.45) is 0 Å². The van der Waals surface area contributed by atoms with Crippen LogP contribution < -0.4 is 5.32 Å². The van der Waals surface area contributed by atoms with Crippen LogP contribution in [0.25, 0.3) is 0 Å². The van der Waals surface area contributed by atoms with Gasteiger partial charge in [0.25, 0.3) is 0 Å². The molecule has 78 valence electrons. The molecular formula is C9H10F3NS. The molecule has 1 aliphatic carbocycles. The third kappa shape index (κ3) is 1.54. The lowest BCUT2D eigenvalue weighted by atomic mass is 10.1. The van der Waals surface area contributed by atoms with Crippen molar-refractivity contribution in [1.82, 2.24) is 5.32 Å². The molecule has 0 saturated heterocycles. The number of nitrogens with one attached hydrogen (secondary N) is 1. The molecule has 1 nitrogen and oxygen atoms in total. The SMILES string of the molecule is CN[C@H]1Cc2scc(C(F)(F)F)c2C1. The van der Waals surface area contributed by atoms with E-state index in [2.05, 4.69) is 5.32 Å². The van der Waals surface area contributed by atoms with E-state index in [4.69, 9.17) is 0 Å². The lowest BCUT2D eigenvalue weighted by Crippen LogP contribution is -2.25. The van der Waals surface area contributed by atoms with Crippen LogP contribution in [0, 0.1) is 0 Å². The highest BCUT2D eigenvalue weighted by Gasteiger charge is 2.38. The zero-order valence-electron chi connectivity index (χ0n) is 7.61. The minimum absolute atomic E-state index is 0.179. The Hall–Kier alpha value is -0.550. The van der Waals surface area contributed by atoms with Crippen molar-refractivity contribution in [3.05, 3.63) is 21.4 Å². The van der Waals surface area contributed by atoms with Gasteiger partial charge < -0.3 is 5.32 Å². The number of thiophene rings is 1. The van der Waals surface area contributed by atoms with Crippen molar-refractivity contribution in [1.29, 1.82) is 0 Å². The first-order valence-electron chi connectivity index (χ1n) is 4.36. The summed E-state index contributed by atoms with van der Waals surface area (Å²) in [4.78, 5) is 0.886. The van der Waals surface area contributed by atoms with E-state index in [1.807, 2.05) is 0 Å². The molecule has 0 saturated carbocycles. The molecule has 1 heterocycles. The maximum atomic E-state index is 12.5. The van der Waals surface area contributed by atoms with Crippen molar-refractivity contribution in [2.75, 3.05) is 7.05 Å². The van der Waals surface area contributed by atoms with Crippen LogP contribution in [0.2, 0.25) is 0 Å². The van der Waals surface area contributed by atoms with Gasteiger partial charge >= 0.3 is 6.18 Å². The molecule has 5 heteroatoms. The van der Waals surface area contributed by atoms with E-state index in [9.17, 15) is 13.2 Å². The summed E-state index contributed by atoms with van der Waals surface area (Å²) >= 11 is 1.22. The van der Waals surface area contributed by atoms with Crippen molar-refractivity contribution in [2.45, 2.75) is 25.1 Å². The Morgan fingerprint density at radius 2 is 2.14 bits per heavy atom. The van der Waals surface area contributed by atoms with Gasteiger partial charge in [0, 0.05) is 16.3 Å². The van der Waals surface area contributed by atoms with E-state index < -0.39 is 11.7 Å². The summed E-state index contributed by atoms with van der Waals surface area (Å²) in [6, 6.07) is 0.179. The molecule has 1 aliphatic rings. The molecule has 0 radical (unpaired) electrons. The highest BCUT2D eigenvalue weighted by atomic mass is 32.1. The lowest BCUT2D eigenvalue weighted by molar-refractivity contribution is -0.137. The molecule has 1 aromatic heterocycles. The maximum Gasteiger partial charge on any atom is 0.417 e. The summed E-state index contributed by atoms with van der Waals surface area (Å²) < 4.78 is 37.5. The second-order valence-electron chi connectivity index (χ2n) is 3.44. The van der Waals surface area contributed by atoms with Gasteiger partial charge in [0.2, 0.25) is 0 Å². The second kappa shape index (κ2) is 3.24. The van der Waals surface area contributed by atoms with Crippen molar-refractivity contribution in [3.8, 4) is 0 Å². The molecule has 1 atom stereocenters. The number of likely N-dealkylation sites (N-methyl/N-ethyl adjacent to an activating group) is 1. The molecule has 1 aromatic rings. The van der Waals surface area contributed by atoms with Gasteiger partial charge in [0.15, 0.2) is 0 Å². The molecule has 0 fully saturated rings. The summed E-state index contributed by atoms with van der Waals surface area (Å²) in [5.41, 5.74) is 0.0668. The van der Waals surface area contributed by atoms with Crippen LogP contribution in [0.1, 0.15) is 16.0 Å². The van der Waals surface area contributed by atoms with E-state index in [0.717, 1.165) is 11.3 Å². The molecule has 0 aromatic carbocycles. The van der Waals surface area contributed by atoms with E-state index in [1.54, 1.807) is 7.05 Å². The molecular weight excluding hydrogens is 211 g/mol. The van der Waals surface area contributed by atoms with E-state index in [0.29, 0.717) is 12.0 Å². The van der Waals surface area contributed by atoms with Crippen molar-refractivity contribution in [3.63, 3.8) is 0 Å². The predicted molar refractivity (Wildman–Crippen MR) is 49.6 cm³/mol. The Kier molecular flexibility index (Phi) is 2.31. The van der Waals surface area contributed by atoms with Gasteiger partial charge in [-0.25, -0.2) is 0 Å². The number of hydrogen-bond donors (Lipinski definition) is 1. The Bertz CT molecular complexity index is 342. The monoisotopic (exact) mass is 221 g/mol. The quantitative estimate of drug-likeness (QED) is 0.768. The third-order valence-electron chi connectivity index (χ3n) is 2.58. The second-order valence-corrected chi connectivity index (χ2v) is 4.41. The van der Waals surface area contributed by atoms with Gasteiger partial charge in [-0.3, -0.25) is 0 Å². The first-order chi connectivity index (χ1) is 6.52. The minimum Gasteiger partial charge on any atom is -0.316 e. The number of rotatable bonds is 1. The third-order valence-corrected chi connectivity index (χ3v) is 3.63. The van der Waals surface area contributed by atoms with Gasteiger partial charge in [-0.2, -0.15) is 13.2 Å². The van der Waals surface area contributed by atoms with Crippen LogP contribution in [-0.4, -0.2) is 13.1 Å². The van der Waals surface area contributed by atoms with Crippen LogP contribution in [0.5, 0.6) is 0 Å². The average molecular weight is 221 g/mol. The average Bonchev–Trinajstić information content (AvgIpc) is 2.57. The molecule has 1 N–H and O–H groups in total. The highest BCUT2D eigenvalue weighted by Crippen LogP contribution is 2.40. The normalized spacial score (nSPS) is 21.3. The molecule has 0 amide bonds. The van der Waals surface area contributed by atoms with Gasteiger partial charge in [-0.1, -0.05) is 0 Å². The number of halogens is 3. The Balaban J connectivity index is 2.32. The Morgan fingerprint density at radius 3 is 2.71 bits per heavy atom. The van der Waals surface area contributed by atoms with Gasteiger partial charge in [-0.15, -0.1) is 11.3 Å². The summed E-state index contributed by atoms with van der Waals surface area (Å²) in [5.74, 6) is 0. The summed E-state index contributed by atoms with van der Waals surface area (Å²) in [6.07, 6.45) is -2.95. The molecule has 0 bridgehead atoms. The predicted octanol–water partition coefficient (Wildman–Crippen LogP) is 2.45. The molecule has 0 aliphatic heterocycles. The fraction of sp³-hybridized carbons (Fsp3) is 0.556. The van der Waals surface area contributed by atoms with Crippen LogP contribution in [0.3, 0.4) is 0 Å². The topological polar surface area (TPSA) is 12.0 Å². The maximum absolute atomic E-state index is 12.5. The number of hydrogen-bond acceptors (Lipinski definition) is 2. The zero-order valence-corrected chi connectivity index (χ0v) is 8.43. The standard InChI is InChI=1S/C9H10F3NS/c1-13-5-2-6-7(9(10,11)12)4-14-8(6)3-5/h4-5,13H,2-3H2,1H3/t5-/m1/s1. The Morgan fingerprint density at radius 1 is 1.43 bits per heavy atom. The van der Waals surface area contributed by atoms with Crippen LogP contribution in [0.4, 0.5) is 13.2 Å². The molecule has 0 unspecified atom stereocenters. The fourth-order valence-corrected chi connectivity index (χ4v) is 2.97. The first-order valence-corrected chi connectivity index (χ1v) is 5.24. The van der Waals surface area contributed by atoms with Crippen molar-refractivity contribution < 1.29 is 13.2 Å². The van der Waals surface area contributed by atoms with Crippen LogP contribution in [0.15, 0.2) is 5.38 Å².